The van der Waals surface area contributed by atoms with Crippen LogP contribution in [-0.2, 0) is 11.2 Å². The van der Waals surface area contributed by atoms with E-state index in [9.17, 15) is 14.3 Å². The summed E-state index contributed by atoms with van der Waals surface area (Å²) in [5.41, 5.74) is 2.22. The van der Waals surface area contributed by atoms with Gasteiger partial charge in [0.25, 0.3) is 0 Å². The van der Waals surface area contributed by atoms with Gasteiger partial charge in [-0.25, -0.2) is 4.39 Å². The van der Waals surface area contributed by atoms with Crippen molar-refractivity contribution in [3.05, 3.63) is 65.5 Å². The zero-order valence-electron chi connectivity index (χ0n) is 11.8. The first-order valence-electron chi connectivity index (χ1n) is 6.87. The van der Waals surface area contributed by atoms with Gasteiger partial charge in [-0.2, -0.15) is 0 Å². The summed E-state index contributed by atoms with van der Waals surface area (Å²) in [7, 11) is 0. The first kappa shape index (κ1) is 15.2. The minimum Gasteiger partial charge on any atom is -0.389 e. The predicted molar refractivity (Wildman–Crippen MR) is 80.4 cm³/mol. The Morgan fingerprint density at radius 3 is 2.52 bits per heavy atom. The topological polar surface area (TPSA) is 49.3 Å². The Morgan fingerprint density at radius 2 is 1.86 bits per heavy atom. The molecule has 0 aliphatic rings. The third kappa shape index (κ3) is 4.39. The van der Waals surface area contributed by atoms with Gasteiger partial charge < -0.3 is 10.4 Å². The maximum Gasteiger partial charge on any atom is 0.224 e. The maximum absolute atomic E-state index is 12.8. The zero-order chi connectivity index (χ0) is 15.2. The van der Waals surface area contributed by atoms with Crippen LogP contribution in [0.5, 0.6) is 0 Å². The predicted octanol–water partition coefficient (Wildman–Crippen LogP) is 3.45. The van der Waals surface area contributed by atoms with Crippen LogP contribution in [-0.4, -0.2) is 11.0 Å². The van der Waals surface area contributed by atoms with Crippen LogP contribution in [0.1, 0.15) is 30.6 Å². The molecule has 1 atom stereocenters. The molecule has 2 aromatic carbocycles. The number of carbonyl (C=O) groups is 1. The van der Waals surface area contributed by atoms with E-state index in [0.29, 0.717) is 24.1 Å². The molecule has 0 aliphatic carbocycles. The van der Waals surface area contributed by atoms with Crippen molar-refractivity contribution >= 4 is 11.6 Å². The van der Waals surface area contributed by atoms with Gasteiger partial charge in [0, 0.05) is 17.7 Å². The number of benzene rings is 2. The molecule has 0 saturated heterocycles. The molecule has 0 aromatic heterocycles. The van der Waals surface area contributed by atoms with Crippen LogP contribution in [0, 0.1) is 5.82 Å². The zero-order valence-corrected chi connectivity index (χ0v) is 11.8. The Hall–Kier alpha value is -2.20. The highest BCUT2D eigenvalue weighted by Gasteiger charge is 2.10. The molecule has 0 bridgehead atoms. The van der Waals surface area contributed by atoms with Gasteiger partial charge in [0.1, 0.15) is 5.82 Å². The summed E-state index contributed by atoms with van der Waals surface area (Å²) in [5.74, 6) is -0.415. The third-order valence-electron chi connectivity index (χ3n) is 3.24. The minimum absolute atomic E-state index is 0.132. The fourth-order valence-corrected chi connectivity index (χ4v) is 2.10. The van der Waals surface area contributed by atoms with E-state index in [1.54, 1.807) is 31.2 Å². The van der Waals surface area contributed by atoms with E-state index in [0.717, 1.165) is 5.56 Å². The number of anilines is 1. The molecule has 0 radical (unpaired) electrons. The number of aliphatic hydroxyl groups is 1. The molecule has 110 valence electrons. The van der Waals surface area contributed by atoms with Gasteiger partial charge in [-0.3, -0.25) is 4.79 Å². The SMILES string of the molecule is CC(O)c1ccccc1NC(=O)CCc1ccc(F)cc1. The van der Waals surface area contributed by atoms with E-state index in [4.69, 9.17) is 0 Å². The Bertz CT molecular complexity index is 608. The molecule has 21 heavy (non-hydrogen) atoms. The number of hydrogen-bond donors (Lipinski definition) is 2. The van der Waals surface area contributed by atoms with Crippen LogP contribution in [0.4, 0.5) is 10.1 Å². The van der Waals surface area contributed by atoms with E-state index >= 15 is 0 Å². The summed E-state index contributed by atoms with van der Waals surface area (Å²) in [6.07, 6.45) is 0.210. The van der Waals surface area contributed by atoms with Crippen LogP contribution >= 0.6 is 0 Å². The summed E-state index contributed by atoms with van der Waals surface area (Å²) >= 11 is 0. The first-order chi connectivity index (χ1) is 10.1. The minimum atomic E-state index is -0.640. The Kier molecular flexibility index (Phi) is 5.06. The van der Waals surface area contributed by atoms with Crippen LogP contribution in [0.3, 0.4) is 0 Å². The van der Waals surface area contributed by atoms with Crippen LogP contribution in [0.25, 0.3) is 0 Å². The average Bonchev–Trinajstić information content (AvgIpc) is 2.47. The number of hydrogen-bond acceptors (Lipinski definition) is 2. The fourth-order valence-electron chi connectivity index (χ4n) is 2.10. The smallest absolute Gasteiger partial charge is 0.224 e. The molecule has 0 fully saturated rings. The first-order valence-corrected chi connectivity index (χ1v) is 6.87. The summed E-state index contributed by atoms with van der Waals surface area (Å²) < 4.78 is 12.8. The molecule has 1 unspecified atom stereocenters. The number of halogens is 1. The third-order valence-corrected chi connectivity index (χ3v) is 3.24. The van der Waals surface area contributed by atoms with E-state index in [1.807, 2.05) is 12.1 Å². The van der Waals surface area contributed by atoms with Crippen molar-refractivity contribution in [1.29, 1.82) is 0 Å². The monoisotopic (exact) mass is 287 g/mol. The van der Waals surface area contributed by atoms with Crippen molar-refractivity contribution < 1.29 is 14.3 Å². The largest absolute Gasteiger partial charge is 0.389 e. The fraction of sp³-hybridized carbons (Fsp3) is 0.235. The highest BCUT2D eigenvalue weighted by Crippen LogP contribution is 2.22. The summed E-state index contributed by atoms with van der Waals surface area (Å²) in [4.78, 5) is 12.0. The normalized spacial score (nSPS) is 12.0. The highest BCUT2D eigenvalue weighted by atomic mass is 19.1. The van der Waals surface area contributed by atoms with Crippen molar-refractivity contribution in [2.45, 2.75) is 25.9 Å². The number of nitrogens with one attached hydrogen (secondary N) is 1. The van der Waals surface area contributed by atoms with Gasteiger partial charge in [-0.15, -0.1) is 0 Å². The molecular weight excluding hydrogens is 269 g/mol. The molecule has 1 amide bonds. The Labute approximate surface area is 123 Å². The van der Waals surface area contributed by atoms with Crippen molar-refractivity contribution in [3.63, 3.8) is 0 Å². The number of rotatable bonds is 5. The molecule has 2 aromatic rings. The molecule has 2 rings (SSSR count). The Morgan fingerprint density at radius 1 is 1.19 bits per heavy atom. The number of amides is 1. The molecular formula is C17H18FNO2. The van der Waals surface area contributed by atoms with Gasteiger partial charge in [0.05, 0.1) is 6.10 Å². The second-order valence-electron chi connectivity index (χ2n) is 4.94. The quantitative estimate of drug-likeness (QED) is 0.885. The number of aliphatic hydroxyl groups excluding tert-OH is 1. The molecule has 3 nitrogen and oxygen atoms in total. The van der Waals surface area contributed by atoms with Gasteiger partial charge in [0.2, 0.25) is 5.91 Å². The number of aryl methyl sites for hydroxylation is 1. The second-order valence-corrected chi connectivity index (χ2v) is 4.94. The number of carbonyl (C=O) groups excluding carboxylic acids is 1. The lowest BCUT2D eigenvalue weighted by Gasteiger charge is -2.13. The number of para-hydroxylation sites is 1. The lowest BCUT2D eigenvalue weighted by atomic mass is 10.1. The van der Waals surface area contributed by atoms with Crippen molar-refractivity contribution in [3.8, 4) is 0 Å². The van der Waals surface area contributed by atoms with Crippen molar-refractivity contribution in [2.24, 2.45) is 0 Å². The maximum atomic E-state index is 12.8. The summed E-state index contributed by atoms with van der Waals surface area (Å²) in [6.45, 7) is 1.66. The summed E-state index contributed by atoms with van der Waals surface area (Å²) in [5, 5.41) is 12.5. The van der Waals surface area contributed by atoms with Gasteiger partial charge in [-0.1, -0.05) is 30.3 Å². The van der Waals surface area contributed by atoms with Crippen molar-refractivity contribution in [2.75, 3.05) is 5.32 Å². The van der Waals surface area contributed by atoms with Gasteiger partial charge in [0.15, 0.2) is 0 Å². The lowest BCUT2D eigenvalue weighted by molar-refractivity contribution is -0.116. The Balaban J connectivity index is 1.94. The molecule has 0 heterocycles. The van der Waals surface area contributed by atoms with Gasteiger partial charge >= 0.3 is 0 Å². The van der Waals surface area contributed by atoms with Gasteiger partial charge in [-0.05, 0) is 37.1 Å². The van der Waals surface area contributed by atoms with E-state index in [-0.39, 0.29) is 11.7 Å². The summed E-state index contributed by atoms with van der Waals surface area (Å²) in [6, 6.07) is 13.3. The van der Waals surface area contributed by atoms with E-state index in [2.05, 4.69) is 5.32 Å². The standard InChI is InChI=1S/C17H18FNO2/c1-12(20)15-4-2-3-5-16(15)19-17(21)11-8-13-6-9-14(18)10-7-13/h2-7,9-10,12,20H,8,11H2,1H3,(H,19,21). The van der Waals surface area contributed by atoms with E-state index < -0.39 is 6.10 Å². The van der Waals surface area contributed by atoms with Crippen LogP contribution in [0.15, 0.2) is 48.5 Å². The van der Waals surface area contributed by atoms with Crippen molar-refractivity contribution in [1.82, 2.24) is 0 Å². The molecule has 4 heteroatoms. The molecule has 0 aliphatic heterocycles. The lowest BCUT2D eigenvalue weighted by Crippen LogP contribution is -2.14. The molecule has 0 saturated carbocycles. The second kappa shape index (κ2) is 6.99. The highest BCUT2D eigenvalue weighted by molar-refractivity contribution is 5.91. The van der Waals surface area contributed by atoms with E-state index in [1.165, 1.54) is 12.1 Å². The van der Waals surface area contributed by atoms with Crippen LogP contribution in [0.2, 0.25) is 0 Å². The molecule has 0 spiro atoms. The molecule has 2 N–H and O–H groups in total. The van der Waals surface area contributed by atoms with Crippen LogP contribution < -0.4 is 5.32 Å². The average molecular weight is 287 g/mol.